The second kappa shape index (κ2) is 7.70. The van der Waals surface area contributed by atoms with Gasteiger partial charge in [0.1, 0.15) is 0 Å². The lowest BCUT2D eigenvalue weighted by atomic mass is 10.1. The lowest BCUT2D eigenvalue weighted by Crippen LogP contribution is -2.27. The zero-order valence-electron chi connectivity index (χ0n) is 11.9. The van der Waals surface area contributed by atoms with Gasteiger partial charge in [-0.05, 0) is 30.2 Å². The second-order valence-electron chi connectivity index (χ2n) is 4.43. The van der Waals surface area contributed by atoms with Gasteiger partial charge in [-0.25, -0.2) is 0 Å². The van der Waals surface area contributed by atoms with Gasteiger partial charge in [-0.1, -0.05) is 23.7 Å². The van der Waals surface area contributed by atoms with Crippen LogP contribution in [0.2, 0.25) is 5.02 Å². The average molecular weight is 296 g/mol. The molecule has 0 bridgehead atoms. The highest BCUT2D eigenvalue weighted by Gasteiger charge is 2.08. The highest BCUT2D eigenvalue weighted by atomic mass is 35.5. The Labute approximate surface area is 124 Å². The lowest BCUT2D eigenvalue weighted by Gasteiger charge is -2.13. The van der Waals surface area contributed by atoms with Crippen LogP contribution in [0.15, 0.2) is 24.3 Å². The number of halogens is 1. The van der Waals surface area contributed by atoms with Gasteiger partial charge in [-0.15, -0.1) is 0 Å². The zero-order valence-corrected chi connectivity index (χ0v) is 12.6. The minimum Gasteiger partial charge on any atom is -0.469 e. The van der Waals surface area contributed by atoms with Crippen molar-refractivity contribution in [2.75, 3.05) is 20.7 Å². The Hall–Kier alpha value is -1.81. The Kier molecular flexibility index (Phi) is 6.25. The number of methoxy groups -OCH3 is 1. The summed E-state index contributed by atoms with van der Waals surface area (Å²) in [6, 6.07) is 5.59. The van der Waals surface area contributed by atoms with Gasteiger partial charge in [-0.2, -0.15) is 0 Å². The van der Waals surface area contributed by atoms with Gasteiger partial charge >= 0.3 is 5.97 Å². The molecule has 0 radical (unpaired) electrons. The number of carbonyl (C=O) groups is 2. The number of likely N-dealkylation sites (N-methyl/N-ethyl adjacent to an activating group) is 1. The molecular weight excluding hydrogens is 278 g/mol. The van der Waals surface area contributed by atoms with Gasteiger partial charge in [0, 0.05) is 24.7 Å². The molecule has 4 nitrogen and oxygen atoms in total. The molecule has 0 saturated carbocycles. The van der Waals surface area contributed by atoms with Crippen molar-refractivity contribution in [3.63, 3.8) is 0 Å². The van der Waals surface area contributed by atoms with Gasteiger partial charge in [0.2, 0.25) is 5.91 Å². The van der Waals surface area contributed by atoms with Gasteiger partial charge in [0.05, 0.1) is 13.5 Å². The SMILES string of the molecule is COC(=O)CCN(C)C(=O)C=Cc1ccc(C)c(Cl)c1. The summed E-state index contributed by atoms with van der Waals surface area (Å²) < 4.78 is 4.52. The third-order valence-corrected chi connectivity index (χ3v) is 3.28. The molecule has 0 aliphatic heterocycles. The molecule has 20 heavy (non-hydrogen) atoms. The maximum atomic E-state index is 11.8. The molecule has 0 N–H and O–H groups in total. The van der Waals surface area contributed by atoms with Crippen LogP contribution < -0.4 is 0 Å². The van der Waals surface area contributed by atoms with Crippen LogP contribution in [-0.4, -0.2) is 37.5 Å². The number of ether oxygens (including phenoxy) is 1. The lowest BCUT2D eigenvalue weighted by molar-refractivity contribution is -0.141. The number of amides is 1. The van der Waals surface area contributed by atoms with E-state index in [4.69, 9.17) is 11.6 Å². The van der Waals surface area contributed by atoms with Crippen LogP contribution in [0.3, 0.4) is 0 Å². The first-order valence-electron chi connectivity index (χ1n) is 6.20. The Morgan fingerprint density at radius 1 is 1.40 bits per heavy atom. The van der Waals surface area contributed by atoms with Crippen molar-refractivity contribution in [1.29, 1.82) is 0 Å². The van der Waals surface area contributed by atoms with Gasteiger partial charge in [0.25, 0.3) is 0 Å². The van der Waals surface area contributed by atoms with E-state index in [0.717, 1.165) is 11.1 Å². The van der Waals surface area contributed by atoms with E-state index in [2.05, 4.69) is 4.74 Å². The first kappa shape index (κ1) is 16.2. The van der Waals surface area contributed by atoms with Crippen LogP contribution >= 0.6 is 11.6 Å². The molecule has 0 aliphatic carbocycles. The normalized spacial score (nSPS) is 10.6. The van der Waals surface area contributed by atoms with Crippen LogP contribution in [0.1, 0.15) is 17.5 Å². The molecule has 0 spiro atoms. The van der Waals surface area contributed by atoms with E-state index >= 15 is 0 Å². The van der Waals surface area contributed by atoms with E-state index in [9.17, 15) is 9.59 Å². The number of carbonyl (C=O) groups excluding carboxylic acids is 2. The number of esters is 1. The van der Waals surface area contributed by atoms with Crippen molar-refractivity contribution in [3.05, 3.63) is 40.4 Å². The van der Waals surface area contributed by atoms with Crippen molar-refractivity contribution in [2.45, 2.75) is 13.3 Å². The molecule has 1 aromatic rings. The zero-order chi connectivity index (χ0) is 15.1. The summed E-state index contributed by atoms with van der Waals surface area (Å²) >= 11 is 6.01. The molecule has 0 aliphatic rings. The first-order chi connectivity index (χ1) is 9.43. The molecular formula is C15H18ClNO3. The average Bonchev–Trinajstić information content (AvgIpc) is 2.45. The predicted octanol–water partition coefficient (Wildman–Crippen LogP) is 2.68. The smallest absolute Gasteiger partial charge is 0.307 e. The third-order valence-electron chi connectivity index (χ3n) is 2.87. The van der Waals surface area contributed by atoms with Crippen molar-refractivity contribution >= 4 is 29.6 Å². The molecule has 0 atom stereocenters. The molecule has 1 aromatic carbocycles. The van der Waals surface area contributed by atoms with Gasteiger partial charge in [0.15, 0.2) is 0 Å². The van der Waals surface area contributed by atoms with Crippen molar-refractivity contribution in [2.24, 2.45) is 0 Å². The van der Waals surface area contributed by atoms with E-state index in [-0.39, 0.29) is 18.3 Å². The number of benzene rings is 1. The monoisotopic (exact) mass is 295 g/mol. The molecule has 0 unspecified atom stereocenters. The fourth-order valence-corrected chi connectivity index (χ4v) is 1.67. The van der Waals surface area contributed by atoms with Crippen LogP contribution in [0.5, 0.6) is 0 Å². The summed E-state index contributed by atoms with van der Waals surface area (Å²) in [4.78, 5) is 24.3. The fraction of sp³-hybridized carbons (Fsp3) is 0.333. The number of rotatable bonds is 5. The summed E-state index contributed by atoms with van der Waals surface area (Å²) in [5.74, 6) is -0.510. The molecule has 108 valence electrons. The highest BCUT2D eigenvalue weighted by Crippen LogP contribution is 2.17. The Morgan fingerprint density at radius 2 is 2.10 bits per heavy atom. The van der Waals surface area contributed by atoms with Gasteiger partial charge < -0.3 is 9.64 Å². The van der Waals surface area contributed by atoms with Crippen LogP contribution in [0, 0.1) is 6.92 Å². The second-order valence-corrected chi connectivity index (χ2v) is 4.84. The largest absolute Gasteiger partial charge is 0.469 e. The van der Waals surface area contributed by atoms with E-state index < -0.39 is 0 Å². The maximum Gasteiger partial charge on any atom is 0.307 e. The molecule has 1 rings (SSSR count). The summed E-state index contributed by atoms with van der Waals surface area (Å²) in [5.41, 5.74) is 1.85. The Bertz CT molecular complexity index is 526. The van der Waals surface area contributed by atoms with E-state index in [1.807, 2.05) is 19.1 Å². The summed E-state index contributed by atoms with van der Waals surface area (Å²) in [6.45, 7) is 2.24. The fourth-order valence-electron chi connectivity index (χ4n) is 1.48. The summed E-state index contributed by atoms with van der Waals surface area (Å²) in [6.07, 6.45) is 3.34. The van der Waals surface area contributed by atoms with E-state index in [1.165, 1.54) is 18.1 Å². The molecule has 5 heteroatoms. The maximum absolute atomic E-state index is 11.8. The summed E-state index contributed by atoms with van der Waals surface area (Å²) in [5, 5.41) is 0.665. The molecule has 0 saturated heterocycles. The Morgan fingerprint density at radius 3 is 2.70 bits per heavy atom. The molecule has 0 heterocycles. The van der Waals surface area contributed by atoms with E-state index in [1.54, 1.807) is 19.2 Å². The number of hydrogen-bond acceptors (Lipinski definition) is 3. The van der Waals surface area contributed by atoms with Crippen molar-refractivity contribution < 1.29 is 14.3 Å². The van der Waals surface area contributed by atoms with Crippen molar-refractivity contribution in [3.8, 4) is 0 Å². The van der Waals surface area contributed by atoms with Crippen LogP contribution in [0.4, 0.5) is 0 Å². The highest BCUT2D eigenvalue weighted by molar-refractivity contribution is 6.31. The van der Waals surface area contributed by atoms with Gasteiger partial charge in [-0.3, -0.25) is 9.59 Å². The predicted molar refractivity (Wildman–Crippen MR) is 79.5 cm³/mol. The minimum atomic E-state index is -0.334. The topological polar surface area (TPSA) is 46.6 Å². The van der Waals surface area contributed by atoms with Crippen LogP contribution in [0.25, 0.3) is 6.08 Å². The quantitative estimate of drug-likeness (QED) is 0.620. The Balaban J connectivity index is 2.58. The molecule has 0 aromatic heterocycles. The molecule has 0 fully saturated rings. The van der Waals surface area contributed by atoms with Crippen molar-refractivity contribution in [1.82, 2.24) is 4.90 Å². The molecule has 1 amide bonds. The number of nitrogens with zero attached hydrogens (tertiary/aromatic N) is 1. The summed E-state index contributed by atoms with van der Waals surface area (Å²) in [7, 11) is 2.96. The minimum absolute atomic E-state index is 0.175. The number of hydrogen-bond donors (Lipinski definition) is 0. The third kappa shape index (κ3) is 5.05. The number of aryl methyl sites for hydroxylation is 1. The van der Waals surface area contributed by atoms with E-state index in [0.29, 0.717) is 11.6 Å². The first-order valence-corrected chi connectivity index (χ1v) is 6.58. The van der Waals surface area contributed by atoms with Crippen LogP contribution in [-0.2, 0) is 14.3 Å². The standard InChI is InChI=1S/C15H18ClNO3/c1-11-4-5-12(10-13(11)16)6-7-14(18)17(2)9-8-15(19)20-3/h4-7,10H,8-9H2,1-3H3.